The van der Waals surface area contributed by atoms with Crippen LogP contribution in [0.4, 0.5) is 21.0 Å². The highest BCUT2D eigenvalue weighted by Crippen LogP contribution is 2.43. The van der Waals surface area contributed by atoms with Gasteiger partial charge in [-0.25, -0.2) is 14.2 Å². The van der Waals surface area contributed by atoms with Gasteiger partial charge in [0.1, 0.15) is 16.9 Å². The number of ether oxygens (including phenoxy) is 1. The fraction of sp³-hybridized carbons (Fsp3) is 0.690. The van der Waals surface area contributed by atoms with Crippen LogP contribution >= 0.6 is 15.9 Å². The molecule has 4 heterocycles. The lowest BCUT2D eigenvalue weighted by Gasteiger charge is -2.53. The Hall–Kier alpha value is -2.20. The summed E-state index contributed by atoms with van der Waals surface area (Å²) in [5.74, 6) is 1.13. The van der Waals surface area contributed by atoms with E-state index in [2.05, 4.69) is 50.8 Å². The second-order valence-electron chi connectivity index (χ2n) is 12.8. The number of halogens is 2. The van der Waals surface area contributed by atoms with Crippen molar-refractivity contribution in [1.82, 2.24) is 19.8 Å². The highest BCUT2D eigenvalue weighted by atomic mass is 79.9. The maximum Gasteiger partial charge on any atom is 0.410 e. The van der Waals surface area contributed by atoms with Crippen LogP contribution in [0.15, 0.2) is 10.5 Å². The molecule has 3 aliphatic rings. The van der Waals surface area contributed by atoms with E-state index >= 15 is 4.39 Å². The third kappa shape index (κ3) is 5.69. The van der Waals surface area contributed by atoms with Gasteiger partial charge < -0.3 is 24.3 Å². The zero-order chi connectivity index (χ0) is 28.1. The Morgan fingerprint density at radius 3 is 2.33 bits per heavy atom. The van der Waals surface area contributed by atoms with Crippen LogP contribution in [0.2, 0.25) is 0 Å². The SMILES string of the molecule is CCc1cc2c(N3CCC4(CC3)CN(C(=O)OC(C)(C)C)C4)nc(N3CCC(N(C)C)CC3)nc2c(F)c1Br. The van der Waals surface area contributed by atoms with Gasteiger partial charge in [-0.05, 0) is 94.5 Å². The molecule has 214 valence electrons. The Balaban J connectivity index is 1.39. The Bertz CT molecular complexity index is 1220. The summed E-state index contributed by atoms with van der Waals surface area (Å²) < 4.78 is 21.8. The summed E-state index contributed by atoms with van der Waals surface area (Å²) >= 11 is 3.48. The molecule has 0 N–H and O–H groups in total. The summed E-state index contributed by atoms with van der Waals surface area (Å²) in [5.41, 5.74) is 0.938. The summed E-state index contributed by atoms with van der Waals surface area (Å²) in [6.07, 6.45) is 4.47. The lowest BCUT2D eigenvalue weighted by molar-refractivity contribution is -0.0434. The summed E-state index contributed by atoms with van der Waals surface area (Å²) in [7, 11) is 4.25. The molecule has 0 bridgehead atoms. The first-order valence-corrected chi connectivity index (χ1v) is 15.0. The molecule has 8 nitrogen and oxygen atoms in total. The fourth-order valence-electron chi connectivity index (χ4n) is 6.18. The van der Waals surface area contributed by atoms with Crippen molar-refractivity contribution in [3.05, 3.63) is 21.9 Å². The Morgan fingerprint density at radius 1 is 1.13 bits per heavy atom. The lowest BCUT2D eigenvalue weighted by atomic mass is 9.72. The largest absolute Gasteiger partial charge is 0.444 e. The Kier molecular flexibility index (Phi) is 7.74. The molecular weight excluding hydrogens is 563 g/mol. The molecule has 5 rings (SSSR count). The number of aromatic nitrogens is 2. The predicted molar refractivity (Wildman–Crippen MR) is 157 cm³/mol. The minimum Gasteiger partial charge on any atom is -0.444 e. The average Bonchev–Trinajstić information content (AvgIpc) is 2.88. The standard InChI is InChI=1S/C29H42BrFN6O2/c1-7-19-16-21-24(23(31)22(19)30)32-26(36-12-8-20(9-13-36)34(5)6)33-25(21)35-14-10-29(11-15-35)17-37(18-29)27(38)39-28(2,3)4/h16,20H,7-15,17-18H2,1-6H3. The quantitative estimate of drug-likeness (QED) is 0.459. The highest BCUT2D eigenvalue weighted by molar-refractivity contribution is 9.10. The van der Waals surface area contributed by atoms with Gasteiger partial charge in [0.05, 0.1) is 4.47 Å². The number of likely N-dealkylation sites (tertiary alicyclic amines) is 1. The third-order valence-electron chi connectivity index (χ3n) is 8.60. The zero-order valence-corrected chi connectivity index (χ0v) is 25.8. The average molecular weight is 606 g/mol. The first-order chi connectivity index (χ1) is 18.4. The molecular formula is C29H42BrFN6O2. The second-order valence-corrected chi connectivity index (χ2v) is 13.6. The summed E-state index contributed by atoms with van der Waals surface area (Å²) in [6.45, 7) is 12.5. The maximum absolute atomic E-state index is 15.7. The van der Waals surface area contributed by atoms with Crippen LogP contribution in [0.25, 0.3) is 10.9 Å². The number of nitrogens with zero attached hydrogens (tertiary/aromatic N) is 6. The third-order valence-corrected chi connectivity index (χ3v) is 9.46. The van der Waals surface area contributed by atoms with Gasteiger partial charge in [0.2, 0.25) is 5.95 Å². The molecule has 2 aromatic rings. The zero-order valence-electron chi connectivity index (χ0n) is 24.2. The minimum absolute atomic E-state index is 0.121. The molecule has 1 spiro atoms. The van der Waals surface area contributed by atoms with Gasteiger partial charge in [0.25, 0.3) is 0 Å². The fourth-order valence-corrected chi connectivity index (χ4v) is 6.76. The van der Waals surface area contributed by atoms with E-state index in [0.717, 1.165) is 88.1 Å². The Morgan fingerprint density at radius 2 is 1.77 bits per heavy atom. The number of amides is 1. The number of hydrogen-bond acceptors (Lipinski definition) is 7. The van der Waals surface area contributed by atoms with Gasteiger partial charge in [0.15, 0.2) is 5.82 Å². The number of fused-ring (bicyclic) bond motifs is 1. The highest BCUT2D eigenvalue weighted by Gasteiger charge is 2.48. The van der Waals surface area contributed by atoms with E-state index in [4.69, 9.17) is 14.7 Å². The number of aryl methyl sites for hydroxylation is 1. The van der Waals surface area contributed by atoms with Gasteiger partial charge in [-0.3, -0.25) is 0 Å². The minimum atomic E-state index is -0.488. The van der Waals surface area contributed by atoms with E-state index in [-0.39, 0.29) is 17.3 Å². The molecule has 3 aliphatic heterocycles. The first kappa shape index (κ1) is 28.3. The van der Waals surface area contributed by atoms with Gasteiger partial charge >= 0.3 is 6.09 Å². The molecule has 1 aromatic heterocycles. The normalized spacial score (nSPS) is 20.2. The van der Waals surface area contributed by atoms with Crippen LogP contribution in [0.3, 0.4) is 0 Å². The van der Waals surface area contributed by atoms with Gasteiger partial charge in [-0.1, -0.05) is 6.92 Å². The first-order valence-electron chi connectivity index (χ1n) is 14.2. The van der Waals surface area contributed by atoms with Crippen LogP contribution < -0.4 is 9.80 Å². The van der Waals surface area contributed by atoms with Gasteiger partial charge in [0, 0.05) is 56.1 Å². The number of benzene rings is 1. The van der Waals surface area contributed by atoms with E-state index in [1.807, 2.05) is 32.6 Å². The van der Waals surface area contributed by atoms with Crippen molar-refractivity contribution in [1.29, 1.82) is 0 Å². The summed E-state index contributed by atoms with van der Waals surface area (Å²) in [6, 6.07) is 2.60. The summed E-state index contributed by atoms with van der Waals surface area (Å²) in [5, 5.41) is 0.777. The molecule has 39 heavy (non-hydrogen) atoms. The van der Waals surface area contributed by atoms with Crippen LogP contribution in [-0.4, -0.2) is 90.9 Å². The Labute approximate surface area is 240 Å². The van der Waals surface area contributed by atoms with Crippen molar-refractivity contribution in [2.24, 2.45) is 5.41 Å². The number of anilines is 2. The molecule has 0 saturated carbocycles. The number of rotatable bonds is 4. The van der Waals surface area contributed by atoms with Crippen molar-refractivity contribution >= 4 is 44.7 Å². The molecule has 1 amide bonds. The van der Waals surface area contributed by atoms with Crippen LogP contribution in [-0.2, 0) is 11.2 Å². The number of carbonyl (C=O) groups is 1. The molecule has 3 fully saturated rings. The van der Waals surface area contributed by atoms with E-state index < -0.39 is 5.60 Å². The predicted octanol–water partition coefficient (Wildman–Crippen LogP) is 5.46. The molecule has 10 heteroatoms. The van der Waals surface area contributed by atoms with Gasteiger partial charge in [-0.15, -0.1) is 0 Å². The van der Waals surface area contributed by atoms with Crippen molar-refractivity contribution in [2.45, 2.75) is 71.4 Å². The van der Waals surface area contributed by atoms with E-state index in [9.17, 15) is 4.79 Å². The number of hydrogen-bond donors (Lipinski definition) is 0. The van der Waals surface area contributed by atoms with Crippen LogP contribution in [0.5, 0.6) is 0 Å². The van der Waals surface area contributed by atoms with Crippen molar-refractivity contribution < 1.29 is 13.9 Å². The number of piperidine rings is 2. The van der Waals surface area contributed by atoms with Gasteiger partial charge in [-0.2, -0.15) is 4.98 Å². The molecule has 0 radical (unpaired) electrons. The van der Waals surface area contributed by atoms with Crippen LogP contribution in [0, 0.1) is 11.2 Å². The van der Waals surface area contributed by atoms with Crippen LogP contribution in [0.1, 0.15) is 58.9 Å². The van der Waals surface area contributed by atoms with E-state index in [1.165, 1.54) is 0 Å². The molecule has 0 atom stereocenters. The van der Waals surface area contributed by atoms with Crippen molar-refractivity contribution in [3.63, 3.8) is 0 Å². The van der Waals surface area contributed by atoms with E-state index in [1.54, 1.807) is 0 Å². The van der Waals surface area contributed by atoms with E-state index in [0.29, 0.717) is 22.0 Å². The second kappa shape index (κ2) is 10.7. The van der Waals surface area contributed by atoms with Crippen molar-refractivity contribution in [2.75, 3.05) is 63.2 Å². The maximum atomic E-state index is 15.7. The number of carbonyl (C=O) groups excluding carboxylic acids is 1. The molecule has 0 unspecified atom stereocenters. The topological polar surface area (TPSA) is 65.0 Å². The monoisotopic (exact) mass is 604 g/mol. The molecule has 1 aromatic carbocycles. The molecule has 3 saturated heterocycles. The smallest absolute Gasteiger partial charge is 0.410 e. The lowest BCUT2D eigenvalue weighted by Crippen LogP contribution is -2.62. The van der Waals surface area contributed by atoms with Crippen molar-refractivity contribution in [3.8, 4) is 0 Å². The summed E-state index contributed by atoms with van der Waals surface area (Å²) in [4.78, 5) is 31.0. The molecule has 0 aliphatic carbocycles.